The Balaban J connectivity index is 1.81. The molecule has 0 saturated heterocycles. The maximum atomic E-state index is 5.43. The smallest absolute Gasteiger partial charge is 0.161 e. The number of ether oxygens (including phenoxy) is 3. The van der Waals surface area contributed by atoms with E-state index in [2.05, 4.69) is 31.3 Å². The lowest BCUT2D eigenvalue weighted by Gasteiger charge is -2.29. The molecule has 0 aromatic heterocycles. The van der Waals surface area contributed by atoms with Gasteiger partial charge in [0.2, 0.25) is 0 Å². The zero-order chi connectivity index (χ0) is 16.4. The molecule has 3 rings (SSSR count). The molecule has 0 fully saturated rings. The molecule has 2 aromatic carbocycles. The van der Waals surface area contributed by atoms with Crippen molar-refractivity contribution in [2.45, 2.75) is 19.6 Å². The minimum absolute atomic E-state index is 0.809. The van der Waals surface area contributed by atoms with Gasteiger partial charge in [0, 0.05) is 16.7 Å². The second-order valence-electron chi connectivity index (χ2n) is 6.42. The fourth-order valence-electron chi connectivity index (χ4n) is 3.42. The highest BCUT2D eigenvalue weighted by Crippen LogP contribution is 2.38. The minimum Gasteiger partial charge on any atom is -0.497 e. The summed E-state index contributed by atoms with van der Waals surface area (Å²) in [6.45, 7) is 2.99. The van der Waals surface area contributed by atoms with Gasteiger partial charge in [0.05, 0.1) is 28.4 Å². The van der Waals surface area contributed by atoms with Gasteiger partial charge in [-0.3, -0.25) is 0 Å². The molecule has 0 saturated carbocycles. The van der Waals surface area contributed by atoms with E-state index in [0.29, 0.717) is 0 Å². The first-order valence-corrected chi connectivity index (χ1v) is 7.77. The van der Waals surface area contributed by atoms with Crippen molar-refractivity contribution in [3.63, 3.8) is 0 Å². The van der Waals surface area contributed by atoms with Crippen molar-refractivity contribution in [3.8, 4) is 17.2 Å². The Kier molecular flexibility index (Phi) is 4.18. The van der Waals surface area contributed by atoms with Crippen LogP contribution in [0, 0.1) is 0 Å². The van der Waals surface area contributed by atoms with E-state index in [9.17, 15) is 0 Å². The van der Waals surface area contributed by atoms with E-state index in [-0.39, 0.29) is 0 Å². The van der Waals surface area contributed by atoms with Crippen molar-refractivity contribution < 1.29 is 18.7 Å². The summed E-state index contributed by atoms with van der Waals surface area (Å²) in [5, 5.41) is 0. The van der Waals surface area contributed by atoms with E-state index in [0.717, 1.165) is 41.4 Å². The van der Waals surface area contributed by atoms with Gasteiger partial charge in [-0.1, -0.05) is 0 Å². The summed E-state index contributed by atoms with van der Waals surface area (Å²) in [6, 6.07) is 12.6. The van der Waals surface area contributed by atoms with Gasteiger partial charge in [0.25, 0.3) is 0 Å². The number of hydrogen-bond acceptors (Lipinski definition) is 3. The van der Waals surface area contributed by atoms with Crippen molar-refractivity contribution >= 4 is 0 Å². The average Bonchev–Trinajstić information content (AvgIpc) is 2.88. The van der Waals surface area contributed by atoms with Crippen LogP contribution < -0.4 is 14.2 Å². The molecule has 2 aromatic rings. The fraction of sp³-hybridized carbons (Fsp3) is 0.368. The zero-order valence-corrected chi connectivity index (χ0v) is 14.3. The van der Waals surface area contributed by atoms with E-state index in [1.807, 2.05) is 12.1 Å². The molecule has 0 atom stereocenters. The second-order valence-corrected chi connectivity index (χ2v) is 6.42. The highest BCUT2D eigenvalue weighted by atomic mass is 16.5. The van der Waals surface area contributed by atoms with Crippen molar-refractivity contribution in [1.29, 1.82) is 0 Å². The molecular weight excluding hydrogens is 290 g/mol. The first-order valence-electron chi connectivity index (χ1n) is 7.77. The minimum atomic E-state index is 0.809. The Labute approximate surface area is 137 Å². The standard InChI is InChI=1S/C19H24NO3/c1-20(11-14-5-7-17(21-2)8-6-14)12-15-9-18(22-3)19(23-4)10-16(15)13-20/h5-10H,11-13H2,1-4H3/q+1. The SMILES string of the molecule is COc1ccc(C[N+]2(C)Cc3cc(OC)c(OC)cc3C2)cc1. The molecule has 0 aliphatic carbocycles. The summed E-state index contributed by atoms with van der Waals surface area (Å²) >= 11 is 0. The molecule has 1 aliphatic rings. The number of fused-ring (bicyclic) bond motifs is 1. The lowest BCUT2D eigenvalue weighted by Crippen LogP contribution is -2.37. The topological polar surface area (TPSA) is 27.7 Å². The third-order valence-electron chi connectivity index (χ3n) is 4.53. The van der Waals surface area contributed by atoms with E-state index in [1.165, 1.54) is 16.7 Å². The summed E-state index contributed by atoms with van der Waals surface area (Å²) in [5.74, 6) is 2.52. The summed E-state index contributed by atoms with van der Waals surface area (Å²) in [7, 11) is 7.36. The normalized spacial score (nSPS) is 15.1. The quantitative estimate of drug-likeness (QED) is 0.792. The van der Waals surface area contributed by atoms with Crippen LogP contribution in [0.4, 0.5) is 0 Å². The van der Waals surface area contributed by atoms with Crippen LogP contribution in [0.25, 0.3) is 0 Å². The van der Waals surface area contributed by atoms with Crippen molar-refractivity contribution in [2.24, 2.45) is 0 Å². The Morgan fingerprint density at radius 3 is 1.78 bits per heavy atom. The molecule has 122 valence electrons. The average molecular weight is 314 g/mol. The Hall–Kier alpha value is -2.20. The summed E-state index contributed by atoms with van der Waals surface area (Å²) in [4.78, 5) is 0. The number of hydrogen-bond donors (Lipinski definition) is 0. The molecule has 0 unspecified atom stereocenters. The molecule has 4 nitrogen and oxygen atoms in total. The monoisotopic (exact) mass is 314 g/mol. The van der Waals surface area contributed by atoms with Crippen LogP contribution in [-0.4, -0.2) is 32.9 Å². The summed E-state index contributed by atoms with van der Waals surface area (Å²) in [5.41, 5.74) is 4.01. The Bertz CT molecular complexity index is 662. The molecule has 1 aliphatic heterocycles. The molecule has 0 radical (unpaired) electrons. The Morgan fingerprint density at radius 1 is 0.826 bits per heavy atom. The third-order valence-corrected chi connectivity index (χ3v) is 4.53. The Morgan fingerprint density at radius 2 is 1.35 bits per heavy atom. The molecule has 0 spiro atoms. The van der Waals surface area contributed by atoms with Crippen LogP contribution in [0.2, 0.25) is 0 Å². The molecule has 4 heteroatoms. The highest BCUT2D eigenvalue weighted by Gasteiger charge is 2.33. The maximum absolute atomic E-state index is 5.43. The van der Waals surface area contributed by atoms with E-state index in [1.54, 1.807) is 21.3 Å². The zero-order valence-electron chi connectivity index (χ0n) is 14.3. The second kappa shape index (κ2) is 6.13. The molecular formula is C19H24NO3+. The van der Waals surface area contributed by atoms with Gasteiger partial charge in [-0.15, -0.1) is 0 Å². The van der Waals surface area contributed by atoms with Crippen LogP contribution in [0.5, 0.6) is 17.2 Å². The van der Waals surface area contributed by atoms with Gasteiger partial charge in [0.15, 0.2) is 11.5 Å². The lowest BCUT2D eigenvalue weighted by molar-refractivity contribution is -0.941. The molecule has 0 N–H and O–H groups in total. The van der Waals surface area contributed by atoms with Crippen molar-refractivity contribution in [1.82, 2.24) is 0 Å². The molecule has 1 heterocycles. The largest absolute Gasteiger partial charge is 0.497 e. The van der Waals surface area contributed by atoms with E-state index >= 15 is 0 Å². The van der Waals surface area contributed by atoms with Crippen LogP contribution in [0.15, 0.2) is 36.4 Å². The molecule has 0 bridgehead atoms. The predicted octanol–water partition coefficient (Wildman–Crippen LogP) is 3.37. The molecule has 0 amide bonds. The first kappa shape index (κ1) is 15.7. The van der Waals surface area contributed by atoms with Crippen LogP contribution in [0.3, 0.4) is 0 Å². The van der Waals surface area contributed by atoms with Gasteiger partial charge in [-0.2, -0.15) is 0 Å². The van der Waals surface area contributed by atoms with E-state index < -0.39 is 0 Å². The number of benzene rings is 2. The van der Waals surface area contributed by atoms with E-state index in [4.69, 9.17) is 14.2 Å². The van der Waals surface area contributed by atoms with Crippen molar-refractivity contribution in [3.05, 3.63) is 53.1 Å². The third kappa shape index (κ3) is 3.13. The lowest BCUT2D eigenvalue weighted by atomic mass is 10.1. The van der Waals surface area contributed by atoms with Gasteiger partial charge in [-0.05, 0) is 36.4 Å². The predicted molar refractivity (Wildman–Crippen MR) is 89.8 cm³/mol. The number of rotatable bonds is 5. The fourth-order valence-corrected chi connectivity index (χ4v) is 3.42. The van der Waals surface area contributed by atoms with Crippen LogP contribution >= 0.6 is 0 Å². The van der Waals surface area contributed by atoms with Gasteiger partial charge in [0.1, 0.15) is 25.4 Å². The summed E-state index contributed by atoms with van der Waals surface area (Å²) in [6.07, 6.45) is 0. The van der Waals surface area contributed by atoms with Gasteiger partial charge in [-0.25, -0.2) is 0 Å². The van der Waals surface area contributed by atoms with Gasteiger partial charge < -0.3 is 18.7 Å². The number of quaternary nitrogens is 1. The number of nitrogens with zero attached hydrogens (tertiary/aromatic N) is 1. The maximum Gasteiger partial charge on any atom is 0.161 e. The van der Waals surface area contributed by atoms with Crippen LogP contribution in [0.1, 0.15) is 16.7 Å². The van der Waals surface area contributed by atoms with Gasteiger partial charge >= 0.3 is 0 Å². The molecule has 23 heavy (non-hydrogen) atoms. The summed E-state index contributed by atoms with van der Waals surface area (Å²) < 4.78 is 17.0. The van der Waals surface area contributed by atoms with Crippen LogP contribution in [-0.2, 0) is 19.6 Å². The number of methoxy groups -OCH3 is 3. The van der Waals surface area contributed by atoms with Crippen molar-refractivity contribution in [2.75, 3.05) is 28.4 Å². The first-order chi connectivity index (χ1) is 11.1. The highest BCUT2D eigenvalue weighted by molar-refractivity contribution is 5.48.